The molecule has 3 aliphatic rings. The number of aryl methyl sites for hydroxylation is 1. The third-order valence-electron chi connectivity index (χ3n) is 7.33. The van der Waals surface area contributed by atoms with Gasteiger partial charge in [-0.05, 0) is 24.1 Å². The van der Waals surface area contributed by atoms with Crippen LogP contribution in [0.5, 0.6) is 0 Å². The zero-order valence-electron chi connectivity index (χ0n) is 19.6. The summed E-state index contributed by atoms with van der Waals surface area (Å²) in [5.74, 6) is 2.34. The van der Waals surface area contributed by atoms with Crippen LogP contribution in [-0.4, -0.2) is 65.6 Å². The highest BCUT2D eigenvalue weighted by Crippen LogP contribution is 2.38. The fourth-order valence-electron chi connectivity index (χ4n) is 5.26. The van der Waals surface area contributed by atoms with Crippen molar-refractivity contribution in [1.82, 2.24) is 9.88 Å². The van der Waals surface area contributed by atoms with Gasteiger partial charge in [-0.15, -0.1) is 4.98 Å². The number of methoxy groups -OCH3 is 1. The molecule has 0 spiro atoms. The van der Waals surface area contributed by atoms with Gasteiger partial charge in [-0.1, -0.05) is 23.7 Å². The molecule has 0 aliphatic carbocycles. The van der Waals surface area contributed by atoms with Crippen LogP contribution in [0.25, 0.3) is 0 Å². The number of likely N-dealkylation sites (N-methyl/N-ethyl adjacent to an activating group) is 1. The molecule has 2 N–H and O–H groups in total. The Morgan fingerprint density at radius 3 is 2.65 bits per heavy atom. The van der Waals surface area contributed by atoms with Crippen LogP contribution < -0.4 is 15.2 Å². The molecule has 2 aromatic rings. The van der Waals surface area contributed by atoms with Crippen molar-refractivity contribution in [3.63, 3.8) is 0 Å². The molecule has 1 aromatic heterocycles. The number of piperidine rings is 2. The zero-order valence-corrected chi connectivity index (χ0v) is 21.2. The summed E-state index contributed by atoms with van der Waals surface area (Å²) in [7, 11) is 2.53. The van der Waals surface area contributed by atoms with Crippen molar-refractivity contribution < 1.29 is 18.7 Å². The van der Waals surface area contributed by atoms with E-state index in [0.29, 0.717) is 25.1 Å². The maximum Gasteiger partial charge on any atom is 0.347 e. The third kappa shape index (κ3) is 4.41. The third-order valence-corrected chi connectivity index (χ3v) is 9.05. The number of anilines is 2. The molecule has 2 fully saturated rings. The van der Waals surface area contributed by atoms with E-state index < -0.39 is 10.8 Å². The number of rotatable bonds is 5. The number of carbonyl (C=O) groups is 1. The SMILES string of the molecule is COC1(c2ccc(Cl)cc2)CCN(c2nc3c(c(N[C@H]4CCC(=O)N(C)C4)[nH+]2)S(=O)CC3)CC1. The molecule has 182 valence electrons. The summed E-state index contributed by atoms with van der Waals surface area (Å²) in [6.45, 7) is 2.19. The van der Waals surface area contributed by atoms with Crippen molar-refractivity contribution in [3.05, 3.63) is 40.5 Å². The van der Waals surface area contributed by atoms with Crippen molar-refractivity contribution in [2.24, 2.45) is 0 Å². The highest BCUT2D eigenvalue weighted by atomic mass is 35.5. The van der Waals surface area contributed by atoms with E-state index in [4.69, 9.17) is 21.3 Å². The smallest absolute Gasteiger partial charge is 0.347 e. The standard InChI is InChI=1S/C24H30ClN5O3S/c1-29-15-18(7-8-20(29)31)26-22-21-19(9-14-34(21)32)27-23(28-22)30-12-10-24(33-2,11-13-30)16-3-5-17(25)6-4-16/h3-6,18H,7-15H2,1-2H3,(H,26,27,28)/p+1/t18-,34?/m0/s1. The average Bonchev–Trinajstić information content (AvgIpc) is 3.23. The zero-order chi connectivity index (χ0) is 23.9. The number of benzene rings is 1. The maximum atomic E-state index is 12.7. The van der Waals surface area contributed by atoms with E-state index in [2.05, 4.69) is 15.2 Å². The van der Waals surface area contributed by atoms with Crippen LogP contribution in [0.15, 0.2) is 29.2 Å². The molecular formula is C24H31ClN5O3S+. The summed E-state index contributed by atoms with van der Waals surface area (Å²) in [5, 5.41) is 4.27. The van der Waals surface area contributed by atoms with Crippen LogP contribution in [0.4, 0.5) is 11.8 Å². The first-order valence-corrected chi connectivity index (χ1v) is 13.5. The largest absolute Gasteiger partial charge is 0.373 e. The van der Waals surface area contributed by atoms with Gasteiger partial charge in [0.15, 0.2) is 0 Å². The van der Waals surface area contributed by atoms with Crippen LogP contribution in [-0.2, 0) is 32.4 Å². The molecule has 0 bridgehead atoms. The predicted molar refractivity (Wildman–Crippen MR) is 132 cm³/mol. The summed E-state index contributed by atoms with van der Waals surface area (Å²) in [4.78, 5) is 25.0. The van der Waals surface area contributed by atoms with Crippen LogP contribution >= 0.6 is 11.6 Å². The Morgan fingerprint density at radius 2 is 1.97 bits per heavy atom. The molecule has 2 saturated heterocycles. The molecule has 1 aromatic carbocycles. The fourth-order valence-corrected chi connectivity index (χ4v) is 6.71. The number of nitrogens with one attached hydrogen (secondary N) is 2. The Labute approximate surface area is 207 Å². The Kier molecular flexibility index (Phi) is 6.52. The molecule has 8 nitrogen and oxygen atoms in total. The maximum absolute atomic E-state index is 12.7. The summed E-state index contributed by atoms with van der Waals surface area (Å²) >= 11 is 6.09. The molecule has 10 heteroatoms. The van der Waals surface area contributed by atoms with Crippen molar-refractivity contribution in [2.45, 2.75) is 48.6 Å². The highest BCUT2D eigenvalue weighted by molar-refractivity contribution is 7.85. The Balaban J connectivity index is 1.37. The van der Waals surface area contributed by atoms with Gasteiger partial charge in [0.2, 0.25) is 11.7 Å². The van der Waals surface area contributed by atoms with Crippen molar-refractivity contribution >= 4 is 40.1 Å². The number of halogens is 1. The lowest BCUT2D eigenvalue weighted by Gasteiger charge is -2.39. The number of likely N-dealkylation sites (tertiary alicyclic amines) is 1. The fraction of sp³-hybridized carbons (Fsp3) is 0.542. The van der Waals surface area contributed by atoms with E-state index in [1.165, 1.54) is 0 Å². The van der Waals surface area contributed by atoms with E-state index >= 15 is 0 Å². The highest BCUT2D eigenvalue weighted by Gasteiger charge is 2.40. The number of hydrogen-bond donors (Lipinski definition) is 1. The van der Waals surface area contributed by atoms with Gasteiger partial charge in [0.05, 0.1) is 42.1 Å². The molecule has 5 rings (SSSR count). The average molecular weight is 505 g/mol. The number of aromatic nitrogens is 2. The normalized spacial score (nSPS) is 24.3. The quantitative estimate of drug-likeness (QED) is 0.672. The minimum atomic E-state index is -1.07. The van der Waals surface area contributed by atoms with Gasteiger partial charge in [0, 0.05) is 50.6 Å². The minimum absolute atomic E-state index is 0.114. The number of aromatic amines is 1. The van der Waals surface area contributed by atoms with Crippen LogP contribution in [0, 0.1) is 0 Å². The molecule has 2 atom stereocenters. The van der Waals surface area contributed by atoms with Crippen molar-refractivity contribution in [1.29, 1.82) is 0 Å². The molecule has 1 amide bonds. The van der Waals surface area contributed by atoms with E-state index in [9.17, 15) is 9.00 Å². The second-order valence-electron chi connectivity index (χ2n) is 9.36. The molecule has 0 saturated carbocycles. The summed E-state index contributed by atoms with van der Waals surface area (Å²) in [6.07, 6.45) is 3.64. The number of fused-ring (bicyclic) bond motifs is 1. The van der Waals surface area contributed by atoms with Gasteiger partial charge in [0.25, 0.3) is 0 Å². The molecule has 1 unspecified atom stereocenters. The van der Waals surface area contributed by atoms with E-state index in [0.717, 1.165) is 65.3 Å². The predicted octanol–water partition coefficient (Wildman–Crippen LogP) is 2.39. The second kappa shape index (κ2) is 9.43. The number of hydrogen-bond acceptors (Lipinski definition) is 6. The monoisotopic (exact) mass is 504 g/mol. The minimum Gasteiger partial charge on any atom is -0.373 e. The lowest BCUT2D eigenvalue weighted by Crippen LogP contribution is -2.47. The van der Waals surface area contributed by atoms with Gasteiger partial charge in [0.1, 0.15) is 10.6 Å². The Hall–Kier alpha value is -2.23. The molecule has 3 aliphatic heterocycles. The molecule has 34 heavy (non-hydrogen) atoms. The van der Waals surface area contributed by atoms with Gasteiger partial charge in [-0.3, -0.25) is 13.9 Å². The second-order valence-corrected chi connectivity index (χ2v) is 11.3. The van der Waals surface area contributed by atoms with Gasteiger partial charge in [-0.2, -0.15) is 0 Å². The summed E-state index contributed by atoms with van der Waals surface area (Å²) in [6, 6.07) is 8.03. The number of carbonyl (C=O) groups excluding carboxylic acids is 1. The van der Waals surface area contributed by atoms with Crippen LogP contribution in [0.3, 0.4) is 0 Å². The Bertz CT molecular complexity index is 1100. The first kappa shape index (κ1) is 23.5. The number of H-pyrrole nitrogens is 1. The number of nitrogens with zero attached hydrogens (tertiary/aromatic N) is 3. The van der Waals surface area contributed by atoms with E-state index in [-0.39, 0.29) is 17.6 Å². The summed E-state index contributed by atoms with van der Waals surface area (Å²) < 4.78 is 18.8. The number of ether oxygens (including phenoxy) is 1. The Morgan fingerprint density at radius 1 is 1.24 bits per heavy atom. The van der Waals surface area contributed by atoms with Crippen LogP contribution in [0.2, 0.25) is 5.02 Å². The van der Waals surface area contributed by atoms with Gasteiger partial charge < -0.3 is 15.0 Å². The van der Waals surface area contributed by atoms with E-state index in [1.54, 1.807) is 12.0 Å². The van der Waals surface area contributed by atoms with E-state index in [1.807, 2.05) is 31.3 Å². The lowest BCUT2D eigenvalue weighted by molar-refractivity contribution is -0.355. The molecule has 4 heterocycles. The number of amides is 1. The molecule has 0 radical (unpaired) electrons. The van der Waals surface area contributed by atoms with Gasteiger partial charge in [-0.25, -0.2) is 4.98 Å². The molecular weight excluding hydrogens is 474 g/mol. The first-order valence-electron chi connectivity index (χ1n) is 11.8. The van der Waals surface area contributed by atoms with Gasteiger partial charge >= 0.3 is 5.95 Å². The van der Waals surface area contributed by atoms with Crippen molar-refractivity contribution in [2.75, 3.05) is 49.8 Å². The summed E-state index contributed by atoms with van der Waals surface area (Å²) in [5.41, 5.74) is 1.69. The van der Waals surface area contributed by atoms with Crippen molar-refractivity contribution in [3.8, 4) is 0 Å². The topological polar surface area (TPSA) is 88.9 Å². The first-order chi connectivity index (χ1) is 16.4. The van der Waals surface area contributed by atoms with Crippen LogP contribution in [0.1, 0.15) is 36.9 Å². The lowest BCUT2D eigenvalue weighted by atomic mass is 9.84.